The summed E-state index contributed by atoms with van der Waals surface area (Å²) in [6.07, 6.45) is 4.50. The van der Waals surface area contributed by atoms with Crippen LogP contribution in [0.2, 0.25) is 0 Å². The third-order valence-electron chi connectivity index (χ3n) is 4.02. The fraction of sp³-hybridized carbons (Fsp3) is 0.625. The van der Waals surface area contributed by atoms with Crippen LogP contribution in [0.15, 0.2) is 18.2 Å². The molecule has 5 nitrogen and oxygen atoms in total. The molecule has 1 aromatic carbocycles. The Morgan fingerprint density at radius 3 is 2.67 bits per heavy atom. The smallest absolute Gasteiger partial charge is 0.310 e. The van der Waals surface area contributed by atoms with Crippen molar-refractivity contribution >= 4 is 5.69 Å². The number of rotatable bonds is 9. The number of nitrogens with one attached hydrogen (secondary N) is 1. The Kier molecular flexibility index (Phi) is 5.56. The lowest BCUT2D eigenvalue weighted by Gasteiger charge is -2.14. The molecule has 116 valence electrons. The van der Waals surface area contributed by atoms with E-state index >= 15 is 0 Å². The van der Waals surface area contributed by atoms with Gasteiger partial charge in [0.15, 0.2) is 5.75 Å². The van der Waals surface area contributed by atoms with Crippen molar-refractivity contribution in [3.05, 3.63) is 33.9 Å². The van der Waals surface area contributed by atoms with E-state index in [1.807, 2.05) is 0 Å². The van der Waals surface area contributed by atoms with E-state index in [1.54, 1.807) is 18.2 Å². The van der Waals surface area contributed by atoms with E-state index in [4.69, 9.17) is 4.74 Å². The molecule has 5 heteroatoms. The Balaban J connectivity index is 2.05. The van der Waals surface area contributed by atoms with Gasteiger partial charge < -0.3 is 10.1 Å². The van der Waals surface area contributed by atoms with Crippen molar-refractivity contribution in [2.75, 3.05) is 6.61 Å². The van der Waals surface area contributed by atoms with E-state index < -0.39 is 0 Å². The maximum Gasteiger partial charge on any atom is 0.310 e. The largest absolute Gasteiger partial charge is 0.487 e. The van der Waals surface area contributed by atoms with Crippen LogP contribution in [-0.4, -0.2) is 17.6 Å². The van der Waals surface area contributed by atoms with Gasteiger partial charge in [0.25, 0.3) is 0 Å². The fourth-order valence-electron chi connectivity index (χ4n) is 2.22. The number of nitro benzene ring substituents is 1. The van der Waals surface area contributed by atoms with Gasteiger partial charge in [0.1, 0.15) is 0 Å². The second-order valence-corrected chi connectivity index (χ2v) is 5.71. The first kappa shape index (κ1) is 15.8. The van der Waals surface area contributed by atoms with Gasteiger partial charge in [0.05, 0.1) is 11.5 Å². The molecule has 0 heterocycles. The van der Waals surface area contributed by atoms with Crippen molar-refractivity contribution in [2.45, 2.75) is 52.1 Å². The number of nitrogens with zero attached hydrogens (tertiary/aromatic N) is 1. The maximum atomic E-state index is 11.1. The first-order valence-corrected chi connectivity index (χ1v) is 7.77. The SMILES string of the molecule is CCC(CC)COc1cc(CNC2CC2)ccc1[N+](=O)[O-]. The zero-order valence-corrected chi connectivity index (χ0v) is 12.8. The molecule has 1 N–H and O–H groups in total. The van der Waals surface area contributed by atoms with Crippen LogP contribution in [-0.2, 0) is 6.54 Å². The normalized spacial score (nSPS) is 14.4. The predicted octanol–water partition coefficient (Wildman–Crippen LogP) is 3.66. The summed E-state index contributed by atoms with van der Waals surface area (Å²) < 4.78 is 5.74. The van der Waals surface area contributed by atoms with Crippen molar-refractivity contribution in [3.63, 3.8) is 0 Å². The predicted molar refractivity (Wildman–Crippen MR) is 82.5 cm³/mol. The van der Waals surface area contributed by atoms with Gasteiger partial charge in [-0.05, 0) is 30.4 Å². The lowest BCUT2D eigenvalue weighted by Crippen LogP contribution is -2.16. The molecule has 0 spiro atoms. The third kappa shape index (κ3) is 4.70. The molecule has 1 aliphatic rings. The van der Waals surface area contributed by atoms with Gasteiger partial charge in [-0.25, -0.2) is 0 Å². The van der Waals surface area contributed by atoms with Gasteiger partial charge in [0.2, 0.25) is 0 Å². The number of hydrogen-bond acceptors (Lipinski definition) is 4. The summed E-state index contributed by atoms with van der Waals surface area (Å²) in [6.45, 7) is 5.50. The maximum absolute atomic E-state index is 11.1. The van der Waals surface area contributed by atoms with E-state index in [0.717, 1.165) is 24.9 Å². The molecule has 21 heavy (non-hydrogen) atoms. The average Bonchev–Trinajstić information content (AvgIpc) is 3.30. The van der Waals surface area contributed by atoms with Gasteiger partial charge >= 0.3 is 5.69 Å². The molecule has 0 atom stereocenters. The lowest BCUT2D eigenvalue weighted by molar-refractivity contribution is -0.385. The standard InChI is InChI=1S/C16H24N2O3/c1-3-12(4-2)11-21-16-9-13(10-17-14-6-7-14)5-8-15(16)18(19)20/h5,8-9,12,14,17H,3-4,6-7,10-11H2,1-2H3. The third-order valence-corrected chi connectivity index (χ3v) is 4.02. The fourth-order valence-corrected chi connectivity index (χ4v) is 2.22. The highest BCUT2D eigenvalue weighted by Gasteiger charge is 2.21. The van der Waals surface area contributed by atoms with Crippen LogP contribution >= 0.6 is 0 Å². The van der Waals surface area contributed by atoms with E-state index in [0.29, 0.717) is 24.3 Å². The lowest BCUT2D eigenvalue weighted by atomic mass is 10.1. The summed E-state index contributed by atoms with van der Waals surface area (Å²) in [5, 5.41) is 14.5. The zero-order chi connectivity index (χ0) is 15.2. The summed E-state index contributed by atoms with van der Waals surface area (Å²) in [4.78, 5) is 10.7. The molecule has 1 aromatic rings. The molecule has 1 aliphatic carbocycles. The molecule has 0 radical (unpaired) electrons. The molecule has 0 unspecified atom stereocenters. The highest BCUT2D eigenvalue weighted by Crippen LogP contribution is 2.29. The molecule has 0 aliphatic heterocycles. The van der Waals surface area contributed by atoms with E-state index in [2.05, 4.69) is 19.2 Å². The Bertz CT molecular complexity index is 482. The van der Waals surface area contributed by atoms with Crippen molar-refractivity contribution in [1.82, 2.24) is 5.32 Å². The second kappa shape index (κ2) is 7.41. The topological polar surface area (TPSA) is 64.4 Å². The monoisotopic (exact) mass is 292 g/mol. The number of hydrogen-bond donors (Lipinski definition) is 1. The highest BCUT2D eigenvalue weighted by molar-refractivity contribution is 5.48. The molecule has 0 bridgehead atoms. The van der Waals surface area contributed by atoms with Crippen LogP contribution in [0.25, 0.3) is 0 Å². The number of benzene rings is 1. The quantitative estimate of drug-likeness (QED) is 0.557. The Morgan fingerprint density at radius 2 is 2.10 bits per heavy atom. The Morgan fingerprint density at radius 1 is 1.38 bits per heavy atom. The van der Waals surface area contributed by atoms with Crippen molar-refractivity contribution in [1.29, 1.82) is 0 Å². The summed E-state index contributed by atoms with van der Waals surface area (Å²) in [6, 6.07) is 5.77. The first-order valence-electron chi connectivity index (χ1n) is 7.77. The van der Waals surface area contributed by atoms with E-state index in [9.17, 15) is 10.1 Å². The van der Waals surface area contributed by atoms with Crippen LogP contribution in [0.3, 0.4) is 0 Å². The van der Waals surface area contributed by atoms with Crippen molar-refractivity contribution in [3.8, 4) is 5.75 Å². The minimum Gasteiger partial charge on any atom is -0.487 e. The summed E-state index contributed by atoms with van der Waals surface area (Å²) in [7, 11) is 0. The second-order valence-electron chi connectivity index (χ2n) is 5.71. The molecule has 0 amide bonds. The van der Waals surface area contributed by atoms with Crippen LogP contribution in [0.5, 0.6) is 5.75 Å². The molecule has 2 rings (SSSR count). The highest BCUT2D eigenvalue weighted by atomic mass is 16.6. The van der Waals surface area contributed by atoms with Gasteiger partial charge in [-0.15, -0.1) is 0 Å². The van der Waals surface area contributed by atoms with Crippen LogP contribution in [0, 0.1) is 16.0 Å². The minimum atomic E-state index is -0.375. The number of ether oxygens (including phenoxy) is 1. The van der Waals surface area contributed by atoms with Crippen LogP contribution < -0.4 is 10.1 Å². The Hall–Kier alpha value is -1.62. The van der Waals surface area contributed by atoms with Crippen molar-refractivity contribution in [2.24, 2.45) is 5.92 Å². The summed E-state index contributed by atoms with van der Waals surface area (Å²) in [5.74, 6) is 0.833. The molecule has 1 fully saturated rings. The summed E-state index contributed by atoms with van der Waals surface area (Å²) in [5.41, 5.74) is 1.09. The van der Waals surface area contributed by atoms with E-state index in [-0.39, 0.29) is 10.6 Å². The molecule has 1 saturated carbocycles. The van der Waals surface area contributed by atoms with E-state index in [1.165, 1.54) is 12.8 Å². The zero-order valence-electron chi connectivity index (χ0n) is 12.8. The van der Waals surface area contributed by atoms with Crippen molar-refractivity contribution < 1.29 is 9.66 Å². The average molecular weight is 292 g/mol. The molecule has 0 saturated heterocycles. The molecular formula is C16H24N2O3. The van der Waals surface area contributed by atoms with Crippen LogP contribution in [0.1, 0.15) is 45.1 Å². The van der Waals surface area contributed by atoms with Gasteiger partial charge in [-0.2, -0.15) is 0 Å². The first-order chi connectivity index (χ1) is 10.1. The van der Waals surface area contributed by atoms with Gasteiger partial charge in [-0.1, -0.05) is 32.8 Å². The summed E-state index contributed by atoms with van der Waals surface area (Å²) >= 11 is 0. The number of nitro groups is 1. The van der Waals surface area contributed by atoms with Crippen LogP contribution in [0.4, 0.5) is 5.69 Å². The minimum absolute atomic E-state index is 0.0520. The Labute approximate surface area is 125 Å². The van der Waals surface area contributed by atoms with Gasteiger partial charge in [-0.3, -0.25) is 10.1 Å². The molecular weight excluding hydrogens is 268 g/mol. The van der Waals surface area contributed by atoms with Gasteiger partial charge in [0, 0.05) is 18.7 Å². The molecule has 0 aromatic heterocycles.